The zero-order valence-corrected chi connectivity index (χ0v) is 25.1. The van der Waals surface area contributed by atoms with Crippen LogP contribution in [0.4, 0.5) is 26.2 Å². The molecule has 0 radical (unpaired) electrons. The Morgan fingerprint density at radius 3 is 2.23 bits per heavy atom. The fraction of sp³-hybridized carbons (Fsp3) is 0.324. The molecule has 0 atom stereocenters. The van der Waals surface area contributed by atoms with E-state index in [2.05, 4.69) is 16.0 Å². The van der Waals surface area contributed by atoms with Crippen molar-refractivity contribution in [2.24, 2.45) is 5.92 Å². The molecule has 1 aliphatic heterocycles. The predicted octanol–water partition coefficient (Wildman–Crippen LogP) is 7.18. The number of rotatable bonds is 8. The highest BCUT2D eigenvalue weighted by molar-refractivity contribution is 6.07. The highest BCUT2D eigenvalue weighted by atomic mass is 19.1. The van der Waals surface area contributed by atoms with Crippen molar-refractivity contribution in [3.8, 4) is 0 Å². The highest BCUT2D eigenvalue weighted by Gasteiger charge is 2.21. The lowest BCUT2D eigenvalue weighted by Crippen LogP contribution is -2.27. The van der Waals surface area contributed by atoms with Crippen LogP contribution in [0.25, 0.3) is 10.9 Å². The monoisotopic (exact) mass is 600 g/mol. The van der Waals surface area contributed by atoms with E-state index in [1.54, 1.807) is 79.9 Å². The van der Waals surface area contributed by atoms with E-state index in [0.29, 0.717) is 53.9 Å². The number of nitrogens with one attached hydrogen (secondary N) is 3. The molecular formula is C34H37FN4O5. The summed E-state index contributed by atoms with van der Waals surface area (Å²) in [7, 11) is 0. The van der Waals surface area contributed by atoms with E-state index in [0.717, 1.165) is 23.7 Å². The van der Waals surface area contributed by atoms with Gasteiger partial charge in [0.05, 0.1) is 6.54 Å². The van der Waals surface area contributed by atoms with Crippen LogP contribution in [-0.2, 0) is 20.8 Å². The van der Waals surface area contributed by atoms with E-state index in [1.165, 1.54) is 6.07 Å². The van der Waals surface area contributed by atoms with Crippen LogP contribution in [0.1, 0.15) is 56.1 Å². The standard InChI is InChI=1S/C34H37FN4O5/c1-34(2,3)44-33(42)38-26-10-8-25(9-11-26)37-32(41)30-20-24-19-27(36-31(40)18-22-14-16-43-17-15-22)12-13-29(24)39(30)21-23-6-4-5-7-28(23)35/h4-13,19-20,22H,14-18,21H2,1-3H3,(H,36,40)(H,37,41)(H,38,42). The number of carbonyl (C=O) groups excluding carboxylic acids is 3. The molecule has 1 aromatic heterocycles. The Morgan fingerprint density at radius 1 is 0.886 bits per heavy atom. The molecule has 0 spiro atoms. The normalized spacial score (nSPS) is 13.8. The number of anilines is 3. The molecule has 3 amide bonds. The molecular weight excluding hydrogens is 563 g/mol. The Hall–Kier alpha value is -4.70. The minimum absolute atomic E-state index is 0.0652. The lowest BCUT2D eigenvalue weighted by atomic mass is 9.96. The Bertz CT molecular complexity index is 1650. The van der Waals surface area contributed by atoms with Gasteiger partial charge in [0.2, 0.25) is 5.91 Å². The van der Waals surface area contributed by atoms with Gasteiger partial charge in [-0.15, -0.1) is 0 Å². The Labute approximate surface area is 255 Å². The average Bonchev–Trinajstić information content (AvgIpc) is 3.32. The molecule has 3 N–H and O–H groups in total. The Morgan fingerprint density at radius 2 is 1.55 bits per heavy atom. The van der Waals surface area contributed by atoms with Gasteiger partial charge in [-0.05, 0) is 94.1 Å². The van der Waals surface area contributed by atoms with Crippen LogP contribution in [-0.4, -0.2) is 41.3 Å². The van der Waals surface area contributed by atoms with Crippen LogP contribution in [0.5, 0.6) is 0 Å². The first-order chi connectivity index (χ1) is 21.0. The maximum atomic E-state index is 14.7. The second kappa shape index (κ2) is 13.3. The number of ether oxygens (including phenoxy) is 2. The average molecular weight is 601 g/mol. The van der Waals surface area contributed by atoms with E-state index < -0.39 is 17.6 Å². The molecule has 1 saturated heterocycles. The third-order valence-corrected chi connectivity index (χ3v) is 7.31. The molecule has 1 aliphatic rings. The molecule has 0 bridgehead atoms. The van der Waals surface area contributed by atoms with Gasteiger partial charge in [-0.25, -0.2) is 9.18 Å². The number of hydrogen-bond donors (Lipinski definition) is 3. The van der Waals surface area contributed by atoms with Gasteiger partial charge < -0.3 is 24.7 Å². The summed E-state index contributed by atoms with van der Waals surface area (Å²) in [4.78, 5) is 38.4. The third-order valence-electron chi connectivity index (χ3n) is 7.31. The molecule has 0 aliphatic carbocycles. The number of amides is 3. The van der Waals surface area contributed by atoms with E-state index in [-0.39, 0.29) is 18.3 Å². The summed E-state index contributed by atoms with van der Waals surface area (Å²) in [6.07, 6.45) is 1.58. The zero-order valence-electron chi connectivity index (χ0n) is 25.1. The number of hydrogen-bond acceptors (Lipinski definition) is 5. The van der Waals surface area contributed by atoms with Crippen LogP contribution >= 0.6 is 0 Å². The maximum absolute atomic E-state index is 14.7. The topological polar surface area (TPSA) is 111 Å². The van der Waals surface area contributed by atoms with Gasteiger partial charge in [0.1, 0.15) is 17.1 Å². The lowest BCUT2D eigenvalue weighted by molar-refractivity contribution is -0.117. The zero-order chi connectivity index (χ0) is 31.3. The first kappa shape index (κ1) is 30.7. The molecule has 10 heteroatoms. The molecule has 1 fully saturated rings. The largest absolute Gasteiger partial charge is 0.444 e. The molecule has 0 saturated carbocycles. The van der Waals surface area contributed by atoms with Crippen molar-refractivity contribution in [2.75, 3.05) is 29.2 Å². The predicted molar refractivity (Wildman–Crippen MR) is 168 cm³/mol. The number of fused-ring (bicyclic) bond motifs is 1. The van der Waals surface area contributed by atoms with Gasteiger partial charge in [-0.1, -0.05) is 18.2 Å². The van der Waals surface area contributed by atoms with E-state index in [9.17, 15) is 18.8 Å². The lowest BCUT2D eigenvalue weighted by Gasteiger charge is -2.21. The summed E-state index contributed by atoms with van der Waals surface area (Å²) in [6.45, 7) is 6.83. The summed E-state index contributed by atoms with van der Waals surface area (Å²) in [6, 6.07) is 20.3. The fourth-order valence-corrected chi connectivity index (χ4v) is 5.18. The Balaban J connectivity index is 1.36. The summed E-state index contributed by atoms with van der Waals surface area (Å²) in [5.41, 5.74) is 2.49. The van der Waals surface area contributed by atoms with Crippen molar-refractivity contribution < 1.29 is 28.2 Å². The molecule has 4 aromatic rings. The highest BCUT2D eigenvalue weighted by Crippen LogP contribution is 2.27. The van der Waals surface area contributed by atoms with Gasteiger partial charge in [0.15, 0.2) is 0 Å². The van der Waals surface area contributed by atoms with Crippen molar-refractivity contribution in [2.45, 2.75) is 52.2 Å². The van der Waals surface area contributed by atoms with E-state index in [4.69, 9.17) is 9.47 Å². The number of aromatic nitrogens is 1. The molecule has 3 aromatic carbocycles. The molecule has 44 heavy (non-hydrogen) atoms. The molecule has 2 heterocycles. The van der Waals surface area contributed by atoms with Crippen LogP contribution in [0, 0.1) is 11.7 Å². The number of carbonyl (C=O) groups is 3. The first-order valence-corrected chi connectivity index (χ1v) is 14.7. The van der Waals surface area contributed by atoms with Gasteiger partial charge in [-0.2, -0.15) is 0 Å². The van der Waals surface area contributed by atoms with Gasteiger partial charge in [0, 0.05) is 53.2 Å². The Kier molecular flexibility index (Phi) is 9.29. The molecule has 5 rings (SSSR count). The van der Waals surface area contributed by atoms with Crippen LogP contribution in [0.2, 0.25) is 0 Å². The van der Waals surface area contributed by atoms with Crippen molar-refractivity contribution >= 4 is 45.9 Å². The smallest absolute Gasteiger partial charge is 0.412 e. The minimum Gasteiger partial charge on any atom is -0.444 e. The van der Waals surface area contributed by atoms with Gasteiger partial charge in [0.25, 0.3) is 5.91 Å². The summed E-state index contributed by atoms with van der Waals surface area (Å²) >= 11 is 0. The van der Waals surface area contributed by atoms with Crippen LogP contribution in [0.3, 0.4) is 0 Å². The van der Waals surface area contributed by atoms with Crippen molar-refractivity contribution in [1.29, 1.82) is 0 Å². The first-order valence-electron chi connectivity index (χ1n) is 14.7. The number of nitrogens with zero attached hydrogens (tertiary/aromatic N) is 1. The van der Waals surface area contributed by atoms with Gasteiger partial charge in [-0.3, -0.25) is 14.9 Å². The quantitative estimate of drug-likeness (QED) is 0.198. The number of halogens is 1. The second-order valence-electron chi connectivity index (χ2n) is 11.9. The van der Waals surface area contributed by atoms with Gasteiger partial charge >= 0.3 is 6.09 Å². The summed E-state index contributed by atoms with van der Waals surface area (Å²) < 4.78 is 27.1. The minimum atomic E-state index is -0.629. The van der Waals surface area contributed by atoms with Crippen molar-refractivity contribution in [1.82, 2.24) is 4.57 Å². The van der Waals surface area contributed by atoms with Crippen molar-refractivity contribution in [3.63, 3.8) is 0 Å². The van der Waals surface area contributed by atoms with Crippen LogP contribution < -0.4 is 16.0 Å². The summed E-state index contributed by atoms with van der Waals surface area (Å²) in [5, 5.41) is 9.27. The molecule has 9 nitrogen and oxygen atoms in total. The summed E-state index contributed by atoms with van der Waals surface area (Å²) in [5.74, 6) is -0.530. The maximum Gasteiger partial charge on any atom is 0.412 e. The van der Waals surface area contributed by atoms with E-state index in [1.807, 2.05) is 12.1 Å². The second-order valence-corrected chi connectivity index (χ2v) is 11.9. The van der Waals surface area contributed by atoms with Crippen LogP contribution in [0.15, 0.2) is 72.8 Å². The number of benzene rings is 3. The third kappa shape index (κ3) is 8.02. The van der Waals surface area contributed by atoms with E-state index >= 15 is 0 Å². The molecule has 230 valence electrons. The fourth-order valence-electron chi connectivity index (χ4n) is 5.18. The molecule has 0 unspecified atom stereocenters. The SMILES string of the molecule is CC(C)(C)OC(=O)Nc1ccc(NC(=O)c2cc3cc(NC(=O)CC4CCOCC4)ccc3n2Cc2ccccc2F)cc1. The van der Waals surface area contributed by atoms with Crippen molar-refractivity contribution in [3.05, 3.63) is 89.9 Å².